The first-order chi connectivity index (χ1) is 7.95. The monoisotopic (exact) mass is 261 g/mol. The van der Waals surface area contributed by atoms with E-state index in [2.05, 4.69) is 4.99 Å². The predicted octanol–water partition coefficient (Wildman–Crippen LogP) is 2.44. The topological polar surface area (TPSA) is 41.6 Å². The molecule has 2 N–H and O–H groups in total. The molecule has 1 aliphatic rings. The van der Waals surface area contributed by atoms with Crippen molar-refractivity contribution in [3.63, 3.8) is 0 Å². The van der Waals surface area contributed by atoms with Crippen LogP contribution in [0.3, 0.4) is 0 Å². The fourth-order valence-electron chi connectivity index (χ4n) is 1.47. The summed E-state index contributed by atoms with van der Waals surface area (Å²) in [6.07, 6.45) is -4.30. The van der Waals surface area contributed by atoms with Crippen molar-refractivity contribution < 1.29 is 13.2 Å². The van der Waals surface area contributed by atoms with Crippen LogP contribution in [0.4, 0.5) is 13.2 Å². The highest BCUT2D eigenvalue weighted by Crippen LogP contribution is 2.30. The van der Waals surface area contributed by atoms with Crippen LogP contribution >= 0.6 is 11.9 Å². The van der Waals surface area contributed by atoms with E-state index in [4.69, 9.17) is 5.73 Å². The molecular weight excluding hydrogens is 251 g/mol. The summed E-state index contributed by atoms with van der Waals surface area (Å²) in [5, 5.41) is 0.442. The zero-order valence-corrected chi connectivity index (χ0v) is 9.55. The van der Waals surface area contributed by atoms with Crippen LogP contribution in [0.15, 0.2) is 29.3 Å². The number of nitrogens with two attached hydrogens (primary N) is 1. The van der Waals surface area contributed by atoms with E-state index in [-0.39, 0.29) is 0 Å². The van der Waals surface area contributed by atoms with Crippen LogP contribution in [0.2, 0.25) is 0 Å². The zero-order valence-electron chi connectivity index (χ0n) is 8.74. The van der Waals surface area contributed by atoms with E-state index in [9.17, 15) is 13.2 Å². The molecule has 3 nitrogen and oxygen atoms in total. The van der Waals surface area contributed by atoms with Crippen molar-refractivity contribution >= 4 is 17.1 Å². The lowest BCUT2D eigenvalue weighted by molar-refractivity contribution is -0.137. The summed E-state index contributed by atoms with van der Waals surface area (Å²) in [5.74, 6) is 0. The van der Waals surface area contributed by atoms with Crippen molar-refractivity contribution in [1.82, 2.24) is 4.31 Å². The third kappa shape index (κ3) is 3.13. The second-order valence-electron chi connectivity index (χ2n) is 3.57. The summed E-state index contributed by atoms with van der Waals surface area (Å²) in [6, 6.07) is 5.27. The first kappa shape index (κ1) is 12.3. The molecule has 0 bridgehead atoms. The Morgan fingerprint density at radius 1 is 1.41 bits per heavy atom. The van der Waals surface area contributed by atoms with E-state index in [1.807, 2.05) is 0 Å². The molecule has 1 heterocycles. The third-order valence-electron chi connectivity index (χ3n) is 2.22. The van der Waals surface area contributed by atoms with Gasteiger partial charge in [0.25, 0.3) is 0 Å². The number of hydrogen-bond donors (Lipinski definition) is 1. The highest BCUT2D eigenvalue weighted by Gasteiger charge is 2.30. The Kier molecular flexibility index (Phi) is 3.30. The van der Waals surface area contributed by atoms with Gasteiger partial charge in [0.15, 0.2) is 5.17 Å². The van der Waals surface area contributed by atoms with Crippen LogP contribution in [0.1, 0.15) is 11.1 Å². The lowest BCUT2D eigenvalue weighted by Crippen LogP contribution is -2.14. The predicted molar refractivity (Wildman–Crippen MR) is 61.1 cm³/mol. The molecule has 0 amide bonds. The van der Waals surface area contributed by atoms with E-state index < -0.39 is 11.7 Å². The molecule has 1 aromatic carbocycles. The summed E-state index contributed by atoms with van der Waals surface area (Å²) >= 11 is 1.25. The minimum absolute atomic E-state index is 0.388. The van der Waals surface area contributed by atoms with Gasteiger partial charge in [-0.2, -0.15) is 13.2 Å². The van der Waals surface area contributed by atoms with Gasteiger partial charge >= 0.3 is 6.18 Å². The third-order valence-corrected chi connectivity index (χ3v) is 3.04. The van der Waals surface area contributed by atoms with E-state index in [0.717, 1.165) is 12.1 Å². The summed E-state index contributed by atoms with van der Waals surface area (Å²) in [4.78, 5) is 3.95. The standard InChI is InChI=1S/C10H10F3N3S/c11-10(12,13)8-3-1-2-7(4-8)5-16-6-15-9(14)17-16/h1-4H,5-6H2,(H2,14,15). The maximum atomic E-state index is 12.5. The van der Waals surface area contributed by atoms with Crippen LogP contribution in [-0.2, 0) is 12.7 Å². The summed E-state index contributed by atoms with van der Waals surface area (Å²) < 4.78 is 39.2. The molecule has 0 unspecified atom stereocenters. The first-order valence-corrected chi connectivity index (χ1v) is 5.61. The molecule has 17 heavy (non-hydrogen) atoms. The number of alkyl halides is 3. The van der Waals surface area contributed by atoms with E-state index in [1.165, 1.54) is 18.0 Å². The van der Waals surface area contributed by atoms with Crippen molar-refractivity contribution in [2.45, 2.75) is 12.7 Å². The Balaban J connectivity index is 2.07. The number of benzene rings is 1. The van der Waals surface area contributed by atoms with E-state index in [1.54, 1.807) is 10.4 Å². The lowest BCUT2D eigenvalue weighted by atomic mass is 10.1. The van der Waals surface area contributed by atoms with Crippen LogP contribution < -0.4 is 5.73 Å². The van der Waals surface area contributed by atoms with Crippen LogP contribution in [0.5, 0.6) is 0 Å². The van der Waals surface area contributed by atoms with Gasteiger partial charge in [0.05, 0.1) is 5.56 Å². The highest BCUT2D eigenvalue weighted by molar-refractivity contribution is 8.12. The Morgan fingerprint density at radius 2 is 2.18 bits per heavy atom. The largest absolute Gasteiger partial charge is 0.416 e. The zero-order chi connectivity index (χ0) is 12.5. The fraction of sp³-hybridized carbons (Fsp3) is 0.300. The van der Waals surface area contributed by atoms with Gasteiger partial charge in [-0.05, 0) is 23.6 Å². The van der Waals surface area contributed by atoms with Gasteiger partial charge < -0.3 is 5.73 Å². The Hall–Kier alpha value is -1.21. The molecule has 1 aliphatic heterocycles. The maximum Gasteiger partial charge on any atom is 0.416 e. The summed E-state index contributed by atoms with van der Waals surface area (Å²) in [6.45, 7) is 0.797. The normalized spacial score (nSPS) is 17.2. The first-order valence-electron chi connectivity index (χ1n) is 4.84. The van der Waals surface area contributed by atoms with Gasteiger partial charge in [0, 0.05) is 6.54 Å². The van der Waals surface area contributed by atoms with Gasteiger partial charge in [0.2, 0.25) is 0 Å². The average molecular weight is 261 g/mol. The Labute approximate surface area is 101 Å². The molecular formula is C10H10F3N3S. The second-order valence-corrected chi connectivity index (χ2v) is 4.68. The highest BCUT2D eigenvalue weighted by atomic mass is 32.2. The Bertz CT molecular complexity index is 445. The van der Waals surface area contributed by atoms with Gasteiger partial charge in [-0.1, -0.05) is 18.2 Å². The van der Waals surface area contributed by atoms with Crippen molar-refractivity contribution in [2.75, 3.05) is 6.67 Å². The average Bonchev–Trinajstić information content (AvgIpc) is 2.63. The molecule has 0 radical (unpaired) electrons. The van der Waals surface area contributed by atoms with Gasteiger partial charge in [-0.15, -0.1) is 0 Å². The molecule has 0 fully saturated rings. The summed E-state index contributed by atoms with van der Waals surface area (Å²) in [7, 11) is 0. The van der Waals surface area contributed by atoms with Crippen molar-refractivity contribution in [1.29, 1.82) is 0 Å². The fourth-order valence-corrected chi connectivity index (χ4v) is 2.18. The minimum atomic E-state index is -4.30. The molecule has 92 valence electrons. The number of halogens is 3. The van der Waals surface area contributed by atoms with Crippen LogP contribution in [0.25, 0.3) is 0 Å². The van der Waals surface area contributed by atoms with Crippen molar-refractivity contribution in [3.8, 4) is 0 Å². The van der Waals surface area contributed by atoms with Gasteiger partial charge in [-0.25, -0.2) is 9.30 Å². The maximum absolute atomic E-state index is 12.5. The SMILES string of the molecule is NC1=NCN(Cc2cccc(C(F)(F)F)c2)S1. The quantitative estimate of drug-likeness (QED) is 0.831. The van der Waals surface area contributed by atoms with E-state index >= 15 is 0 Å². The number of rotatable bonds is 2. The van der Waals surface area contributed by atoms with Gasteiger partial charge in [0.1, 0.15) is 6.67 Å². The van der Waals surface area contributed by atoms with Crippen LogP contribution in [-0.4, -0.2) is 16.1 Å². The molecule has 1 aromatic rings. The van der Waals surface area contributed by atoms with Gasteiger partial charge in [-0.3, -0.25) is 0 Å². The lowest BCUT2D eigenvalue weighted by Gasteiger charge is -2.13. The molecule has 7 heteroatoms. The number of aliphatic imine (C=N–C) groups is 1. The summed E-state index contributed by atoms with van der Waals surface area (Å²) in [5.41, 5.74) is 5.43. The smallest absolute Gasteiger partial charge is 0.377 e. The number of nitrogens with zero attached hydrogens (tertiary/aromatic N) is 2. The van der Waals surface area contributed by atoms with Crippen molar-refractivity contribution in [3.05, 3.63) is 35.4 Å². The Morgan fingerprint density at radius 3 is 2.76 bits per heavy atom. The van der Waals surface area contributed by atoms with E-state index in [0.29, 0.717) is 23.9 Å². The molecule has 0 saturated heterocycles. The molecule has 2 rings (SSSR count). The minimum Gasteiger partial charge on any atom is -0.377 e. The van der Waals surface area contributed by atoms with Crippen molar-refractivity contribution in [2.24, 2.45) is 10.7 Å². The molecule has 0 atom stereocenters. The van der Waals surface area contributed by atoms with Crippen LogP contribution in [0, 0.1) is 0 Å². The molecule has 0 aromatic heterocycles. The second kappa shape index (κ2) is 4.58. The molecule has 0 saturated carbocycles. The number of amidine groups is 1. The number of hydrogen-bond acceptors (Lipinski definition) is 4. The molecule has 0 aliphatic carbocycles. The molecule has 0 spiro atoms.